The first-order chi connectivity index (χ1) is 27.8. The van der Waals surface area contributed by atoms with Crippen molar-refractivity contribution < 1.29 is 4.42 Å². The molecule has 0 fully saturated rings. The standard InChI is InChI=1S/C53H32N2O/c1-2-13-35(14-3-1)52-54-48(34-27-25-33(26-28-34)37-19-12-20-43-42-18-7-11-24-50(42)56-51(37)43)32-49(55-52)36-29-30-41-40-17-6-10-23-46(40)53(47(41)31-36)44-21-8-4-15-38(44)39-16-5-9-22-45(39)53/h1-32H. The molecule has 0 bridgehead atoms. The van der Waals surface area contributed by atoms with Crippen LogP contribution in [0.4, 0.5) is 0 Å². The average molecular weight is 713 g/mol. The zero-order valence-electron chi connectivity index (χ0n) is 30.3. The average Bonchev–Trinajstić information content (AvgIpc) is 3.91. The smallest absolute Gasteiger partial charge is 0.160 e. The van der Waals surface area contributed by atoms with Gasteiger partial charge in [-0.3, -0.25) is 0 Å². The Balaban J connectivity index is 1.03. The van der Waals surface area contributed by atoms with E-state index in [0.717, 1.165) is 61.1 Å². The summed E-state index contributed by atoms with van der Waals surface area (Å²) in [6.45, 7) is 0. The van der Waals surface area contributed by atoms with Gasteiger partial charge in [0.25, 0.3) is 0 Å². The summed E-state index contributed by atoms with van der Waals surface area (Å²) in [6, 6.07) is 69.5. The Bertz CT molecular complexity index is 3130. The van der Waals surface area contributed by atoms with E-state index < -0.39 is 5.41 Å². The second kappa shape index (κ2) is 11.8. The molecule has 1 spiro atoms. The summed E-state index contributed by atoms with van der Waals surface area (Å²) >= 11 is 0. The van der Waals surface area contributed by atoms with Gasteiger partial charge in [0.15, 0.2) is 5.82 Å². The SMILES string of the molecule is c1ccc(-c2nc(-c3ccc(-c4cccc5c4oc4ccccc45)cc3)cc(-c3ccc4c(c3)C3(c5ccccc5-c5ccccc53)c3ccccc3-4)n2)cc1. The second-order valence-electron chi connectivity index (χ2n) is 14.8. The van der Waals surface area contributed by atoms with E-state index in [2.05, 4.69) is 164 Å². The molecule has 56 heavy (non-hydrogen) atoms. The maximum atomic E-state index is 6.39. The lowest BCUT2D eigenvalue weighted by Gasteiger charge is -2.30. The summed E-state index contributed by atoms with van der Waals surface area (Å²) in [7, 11) is 0. The first kappa shape index (κ1) is 31.0. The minimum Gasteiger partial charge on any atom is -0.455 e. The van der Waals surface area contributed by atoms with Crippen molar-refractivity contribution in [3.05, 3.63) is 216 Å². The Labute approximate surface area is 324 Å². The molecule has 0 amide bonds. The van der Waals surface area contributed by atoms with Crippen molar-refractivity contribution in [2.24, 2.45) is 0 Å². The predicted octanol–water partition coefficient (Wildman–Crippen LogP) is 13.4. The highest BCUT2D eigenvalue weighted by atomic mass is 16.3. The van der Waals surface area contributed by atoms with Gasteiger partial charge in [0.05, 0.1) is 16.8 Å². The first-order valence-electron chi connectivity index (χ1n) is 19.2. The fraction of sp³-hybridized carbons (Fsp3) is 0.0189. The number of hydrogen-bond donors (Lipinski definition) is 0. The van der Waals surface area contributed by atoms with E-state index in [-0.39, 0.29) is 0 Å². The predicted molar refractivity (Wildman–Crippen MR) is 227 cm³/mol. The number of aromatic nitrogens is 2. The Morgan fingerprint density at radius 3 is 1.55 bits per heavy atom. The number of rotatable bonds is 4. The van der Waals surface area contributed by atoms with Crippen LogP contribution >= 0.6 is 0 Å². The van der Waals surface area contributed by atoms with E-state index in [9.17, 15) is 0 Å². The summed E-state index contributed by atoms with van der Waals surface area (Å²) < 4.78 is 6.39. The monoisotopic (exact) mass is 712 g/mol. The Morgan fingerprint density at radius 2 is 0.857 bits per heavy atom. The number of furan rings is 1. The molecule has 3 heteroatoms. The lowest BCUT2D eigenvalue weighted by Crippen LogP contribution is -2.25. The number of fused-ring (bicyclic) bond motifs is 13. The number of benzene rings is 8. The molecule has 0 aliphatic heterocycles. The molecule has 0 saturated heterocycles. The number of nitrogens with zero attached hydrogens (tertiary/aromatic N) is 2. The molecule has 0 N–H and O–H groups in total. The van der Waals surface area contributed by atoms with E-state index in [1.807, 2.05) is 30.3 Å². The van der Waals surface area contributed by atoms with Gasteiger partial charge >= 0.3 is 0 Å². The third-order valence-corrected chi connectivity index (χ3v) is 11.9. The highest BCUT2D eigenvalue weighted by Gasteiger charge is 2.51. The highest BCUT2D eigenvalue weighted by molar-refractivity contribution is 6.09. The van der Waals surface area contributed by atoms with Crippen LogP contribution < -0.4 is 0 Å². The molecule has 2 aliphatic rings. The second-order valence-corrected chi connectivity index (χ2v) is 14.8. The molecule has 2 aliphatic carbocycles. The molecular weight excluding hydrogens is 681 g/mol. The van der Waals surface area contributed by atoms with Crippen LogP contribution in [0.3, 0.4) is 0 Å². The summed E-state index contributed by atoms with van der Waals surface area (Å²) in [5, 5.41) is 2.25. The van der Waals surface area contributed by atoms with Gasteiger partial charge in [-0.15, -0.1) is 0 Å². The highest BCUT2D eigenvalue weighted by Crippen LogP contribution is 2.63. The maximum Gasteiger partial charge on any atom is 0.160 e. The molecule has 0 saturated carbocycles. The van der Waals surface area contributed by atoms with Gasteiger partial charge < -0.3 is 4.42 Å². The quantitative estimate of drug-likeness (QED) is 0.182. The van der Waals surface area contributed by atoms with E-state index in [4.69, 9.17) is 14.4 Å². The normalized spacial score (nSPS) is 13.1. The minimum absolute atomic E-state index is 0.425. The van der Waals surface area contributed by atoms with E-state index in [1.165, 1.54) is 44.5 Å². The molecule has 260 valence electrons. The molecule has 0 unspecified atom stereocenters. The minimum atomic E-state index is -0.425. The van der Waals surface area contributed by atoms with Crippen molar-refractivity contribution in [1.29, 1.82) is 0 Å². The fourth-order valence-corrected chi connectivity index (χ4v) is 9.51. The van der Waals surface area contributed by atoms with E-state index >= 15 is 0 Å². The summed E-state index contributed by atoms with van der Waals surface area (Å²) in [6.07, 6.45) is 0. The van der Waals surface area contributed by atoms with Crippen LogP contribution in [0.5, 0.6) is 0 Å². The van der Waals surface area contributed by atoms with Crippen molar-refractivity contribution in [2.75, 3.05) is 0 Å². The zero-order valence-corrected chi connectivity index (χ0v) is 30.3. The van der Waals surface area contributed by atoms with Crippen LogP contribution in [0, 0.1) is 0 Å². The summed E-state index contributed by atoms with van der Waals surface area (Å²) in [4.78, 5) is 10.5. The number of para-hydroxylation sites is 2. The summed E-state index contributed by atoms with van der Waals surface area (Å²) in [5.41, 5.74) is 18.8. The third-order valence-electron chi connectivity index (χ3n) is 11.9. The first-order valence-corrected chi connectivity index (χ1v) is 19.2. The Kier molecular flexibility index (Phi) is 6.55. The molecule has 2 heterocycles. The van der Waals surface area contributed by atoms with Gasteiger partial charge in [-0.1, -0.05) is 176 Å². The lowest BCUT2D eigenvalue weighted by molar-refractivity contribution is 0.670. The van der Waals surface area contributed by atoms with Gasteiger partial charge in [-0.05, 0) is 68.3 Å². The van der Waals surface area contributed by atoms with E-state index in [1.54, 1.807) is 0 Å². The van der Waals surface area contributed by atoms with Gasteiger partial charge in [0.1, 0.15) is 11.2 Å². The molecule has 10 aromatic rings. The van der Waals surface area contributed by atoms with E-state index in [0.29, 0.717) is 5.82 Å². The Morgan fingerprint density at radius 1 is 0.339 bits per heavy atom. The van der Waals surface area contributed by atoms with Crippen LogP contribution in [0.25, 0.3) is 89.2 Å². The van der Waals surface area contributed by atoms with Crippen molar-refractivity contribution in [1.82, 2.24) is 9.97 Å². The zero-order chi connectivity index (χ0) is 36.8. The van der Waals surface area contributed by atoms with Gasteiger partial charge in [0, 0.05) is 33.0 Å². The lowest BCUT2D eigenvalue weighted by atomic mass is 9.70. The molecule has 8 aromatic carbocycles. The van der Waals surface area contributed by atoms with Crippen LogP contribution in [-0.2, 0) is 5.41 Å². The molecule has 0 atom stereocenters. The number of hydrogen-bond acceptors (Lipinski definition) is 3. The van der Waals surface area contributed by atoms with Crippen molar-refractivity contribution in [3.63, 3.8) is 0 Å². The van der Waals surface area contributed by atoms with Gasteiger partial charge in [0.2, 0.25) is 0 Å². The molecule has 12 rings (SSSR count). The van der Waals surface area contributed by atoms with Crippen LogP contribution in [-0.4, -0.2) is 9.97 Å². The van der Waals surface area contributed by atoms with Crippen LogP contribution in [0.15, 0.2) is 199 Å². The molecular formula is C53H32N2O. The Hall–Kier alpha value is -7.36. The largest absolute Gasteiger partial charge is 0.455 e. The summed E-state index contributed by atoms with van der Waals surface area (Å²) in [5.74, 6) is 0.698. The van der Waals surface area contributed by atoms with Crippen molar-refractivity contribution in [3.8, 4) is 67.3 Å². The van der Waals surface area contributed by atoms with Gasteiger partial charge in [-0.25, -0.2) is 9.97 Å². The third kappa shape index (κ3) is 4.34. The maximum absolute atomic E-state index is 6.39. The van der Waals surface area contributed by atoms with Crippen molar-refractivity contribution >= 4 is 21.9 Å². The molecule has 2 aromatic heterocycles. The van der Waals surface area contributed by atoms with Gasteiger partial charge in [-0.2, -0.15) is 0 Å². The molecule has 3 nitrogen and oxygen atoms in total. The topological polar surface area (TPSA) is 38.9 Å². The molecule has 0 radical (unpaired) electrons. The van der Waals surface area contributed by atoms with Crippen LogP contribution in [0.1, 0.15) is 22.3 Å². The van der Waals surface area contributed by atoms with Crippen LogP contribution in [0.2, 0.25) is 0 Å². The van der Waals surface area contributed by atoms with Crippen molar-refractivity contribution in [2.45, 2.75) is 5.41 Å². The fourth-order valence-electron chi connectivity index (χ4n) is 9.51.